The van der Waals surface area contributed by atoms with Crippen molar-refractivity contribution in [3.05, 3.63) is 94.8 Å². The average molecular weight is 925 g/mol. The molecule has 5 fully saturated rings. The third-order valence-corrected chi connectivity index (χ3v) is 18.2. The number of carbonyl (C=O) groups excluding carboxylic acids is 2. The molecule has 1 saturated heterocycles. The van der Waals surface area contributed by atoms with Crippen LogP contribution in [0.4, 0.5) is 0 Å². The Labute approximate surface area is 401 Å². The number of carbonyl (C=O) groups is 2. The van der Waals surface area contributed by atoms with Gasteiger partial charge in [0.25, 0.3) is 0 Å². The number of aromatic hydroxyl groups is 1. The highest BCUT2D eigenvalue weighted by Crippen LogP contribution is 2.60. The molecule has 0 amide bonds. The number of benzene rings is 3. The number of rotatable bonds is 12. The van der Waals surface area contributed by atoms with Gasteiger partial charge >= 0.3 is 0 Å². The summed E-state index contributed by atoms with van der Waals surface area (Å²) in [5, 5.41) is 60.7. The molecule has 0 radical (unpaired) electrons. The predicted molar refractivity (Wildman–Crippen MR) is 263 cm³/mol. The van der Waals surface area contributed by atoms with Gasteiger partial charge in [-0.05, 0) is 176 Å². The zero-order valence-electron chi connectivity index (χ0n) is 39.8. The van der Waals surface area contributed by atoms with Gasteiger partial charge in [-0.15, -0.1) is 0 Å². The molecule has 3 aromatic carbocycles. The Kier molecular flexibility index (Phi) is 13.5. The van der Waals surface area contributed by atoms with Crippen LogP contribution in [-0.2, 0) is 16.0 Å². The lowest BCUT2D eigenvalue weighted by Crippen LogP contribution is -2.64. The number of dihydropyridines is 1. The standard InChI is InChI=1S/C57H72N4O7/c1-3-59-31-46-42-12-10-39-21-41(62)27-47-56(39)55(42)40(30-61-47)22-45(46)37-15-18-57(53(67)25-37)17-14-36(44-29-50(65)51(68-2)24-35(44)11-13-52(57)66)23-48(63)49(64)28-43(38-16-19-60-54(58)26-38)34-9-8-32-6-4-5-7-33(32)20-34/h4-9,16,20,24,26,29,36-37,39-40,42-43,45-49,53,55-56,59-61,63-65,67H,3,10-13,15,18-19,21-23,25,27-28,30-31,58H2,1-2H3. The lowest BCUT2D eigenvalue weighted by Gasteiger charge is -2.62. The first-order valence-corrected chi connectivity index (χ1v) is 25.8. The molecule has 2 heterocycles. The fourth-order valence-corrected chi connectivity index (χ4v) is 14.9. The first-order chi connectivity index (χ1) is 32.9. The van der Waals surface area contributed by atoms with Crippen molar-refractivity contribution in [2.24, 2.45) is 58.5 Å². The average Bonchev–Trinajstić information content (AvgIpc) is 3.39. The number of hydrogen-bond donors (Lipinski definition) is 8. The number of phenolic OH excluding ortho intramolecular Hbond substituents is 1. The number of piperidine rings is 1. The monoisotopic (exact) mass is 925 g/mol. The minimum absolute atomic E-state index is 0.0436. The normalized spacial score (nSPS) is 34.6. The van der Waals surface area contributed by atoms with E-state index >= 15 is 0 Å². The van der Waals surface area contributed by atoms with Crippen LogP contribution in [0.1, 0.15) is 106 Å². The lowest BCUT2D eigenvalue weighted by atomic mass is 9.46. The number of ketones is 2. The number of aliphatic hydroxyl groups is 3. The highest BCUT2D eigenvalue weighted by atomic mass is 16.5. The second-order valence-corrected chi connectivity index (χ2v) is 21.7. The molecule has 1 spiro atoms. The summed E-state index contributed by atoms with van der Waals surface area (Å²) in [7, 11) is 1.50. The Morgan fingerprint density at radius 1 is 0.941 bits per heavy atom. The van der Waals surface area contributed by atoms with Crippen LogP contribution >= 0.6 is 0 Å². The minimum atomic E-state index is -1.28. The molecule has 0 aromatic heterocycles. The molecule has 4 saturated carbocycles. The molecule has 11 nitrogen and oxygen atoms in total. The van der Waals surface area contributed by atoms with Crippen LogP contribution in [0.2, 0.25) is 0 Å². The van der Waals surface area contributed by atoms with Crippen molar-refractivity contribution in [3.63, 3.8) is 0 Å². The molecule has 15 unspecified atom stereocenters. The van der Waals surface area contributed by atoms with Crippen molar-refractivity contribution >= 4 is 22.3 Å². The van der Waals surface area contributed by atoms with Gasteiger partial charge in [0.2, 0.25) is 0 Å². The van der Waals surface area contributed by atoms with Gasteiger partial charge in [-0.2, -0.15) is 0 Å². The number of aliphatic hydroxyl groups excluding tert-OH is 3. The van der Waals surface area contributed by atoms with Gasteiger partial charge in [-0.3, -0.25) is 9.59 Å². The van der Waals surface area contributed by atoms with E-state index in [2.05, 4.69) is 71.1 Å². The highest BCUT2D eigenvalue weighted by molar-refractivity contribution is 5.89. The summed E-state index contributed by atoms with van der Waals surface area (Å²) in [6.07, 6.45) is 7.93. The van der Waals surface area contributed by atoms with Crippen LogP contribution in [0, 0.1) is 64.6 Å². The van der Waals surface area contributed by atoms with Crippen molar-refractivity contribution in [2.45, 2.75) is 120 Å². The van der Waals surface area contributed by atoms with Crippen molar-refractivity contribution < 1.29 is 34.8 Å². The number of ether oxygens (including phenoxy) is 1. The largest absolute Gasteiger partial charge is 0.504 e. The van der Waals surface area contributed by atoms with E-state index < -0.39 is 29.6 Å². The summed E-state index contributed by atoms with van der Waals surface area (Å²) in [6.45, 7) is 5.53. The molecule has 3 aromatic rings. The van der Waals surface area contributed by atoms with Gasteiger partial charge in [0.05, 0.1) is 31.2 Å². The van der Waals surface area contributed by atoms with Crippen LogP contribution in [0.15, 0.2) is 78.1 Å². The Balaban J connectivity index is 0.922. The highest BCUT2D eigenvalue weighted by Gasteiger charge is 2.59. The smallest absolute Gasteiger partial charge is 0.160 e. The number of phenols is 1. The fourth-order valence-electron chi connectivity index (χ4n) is 14.9. The van der Waals surface area contributed by atoms with Crippen LogP contribution in [0.25, 0.3) is 10.8 Å². The van der Waals surface area contributed by atoms with E-state index in [1.54, 1.807) is 12.1 Å². The third-order valence-electron chi connectivity index (χ3n) is 18.2. The van der Waals surface area contributed by atoms with Crippen molar-refractivity contribution in [2.75, 3.05) is 33.3 Å². The maximum atomic E-state index is 14.7. The fraction of sp³-hybridized carbons (Fsp3) is 0.579. The van der Waals surface area contributed by atoms with Crippen molar-refractivity contribution in [1.82, 2.24) is 16.0 Å². The predicted octanol–water partition coefficient (Wildman–Crippen LogP) is 6.37. The maximum absolute atomic E-state index is 14.7. The number of methoxy groups -OCH3 is 1. The number of allylic oxidation sites excluding steroid dienone is 2. The van der Waals surface area contributed by atoms with Crippen molar-refractivity contribution in [3.8, 4) is 23.3 Å². The Bertz CT molecular complexity index is 2500. The summed E-state index contributed by atoms with van der Waals surface area (Å²) >= 11 is 0. The zero-order chi connectivity index (χ0) is 47.3. The number of nitrogens with one attached hydrogen (secondary N) is 3. The third kappa shape index (κ3) is 8.89. The number of Topliss-reactive ketones (excluding diaryl/α,β-unsaturated/α-hetero) is 2. The minimum Gasteiger partial charge on any atom is -0.504 e. The first-order valence-electron chi connectivity index (χ1n) is 25.8. The van der Waals surface area contributed by atoms with E-state index in [1.165, 1.54) is 7.11 Å². The second kappa shape index (κ2) is 19.6. The first kappa shape index (κ1) is 47.0. The van der Waals surface area contributed by atoms with Gasteiger partial charge in [-0.1, -0.05) is 67.3 Å². The molecule has 68 heavy (non-hydrogen) atoms. The second-order valence-electron chi connectivity index (χ2n) is 21.7. The van der Waals surface area contributed by atoms with Crippen LogP contribution in [0.3, 0.4) is 0 Å². The summed E-state index contributed by atoms with van der Waals surface area (Å²) < 4.78 is 5.54. The molecule has 0 bridgehead atoms. The molecule has 15 atom stereocenters. The molecule has 9 N–H and O–H groups in total. The molecule has 362 valence electrons. The van der Waals surface area contributed by atoms with Gasteiger partial charge in [0.15, 0.2) is 17.3 Å². The number of aryl methyl sites for hydroxylation is 1. The quantitative estimate of drug-likeness (QED) is 0.0944. The molecule has 10 rings (SSSR count). The molecule has 7 aliphatic rings. The summed E-state index contributed by atoms with van der Waals surface area (Å²) in [4.78, 5) is 27.5. The van der Waals surface area contributed by atoms with Gasteiger partial charge in [-0.25, -0.2) is 0 Å². The molecule has 2 aliphatic heterocycles. The summed E-state index contributed by atoms with van der Waals surface area (Å²) in [5.74, 6) is 11.0. The van der Waals surface area contributed by atoms with E-state index in [9.17, 15) is 30.0 Å². The van der Waals surface area contributed by atoms with E-state index in [0.29, 0.717) is 96.9 Å². The van der Waals surface area contributed by atoms with Crippen LogP contribution in [0.5, 0.6) is 11.5 Å². The Morgan fingerprint density at radius 3 is 2.57 bits per heavy atom. The topological polar surface area (TPSA) is 186 Å². The van der Waals surface area contributed by atoms with Gasteiger partial charge < -0.3 is 46.8 Å². The molecular weight excluding hydrogens is 853 g/mol. The Morgan fingerprint density at radius 2 is 1.78 bits per heavy atom. The summed E-state index contributed by atoms with van der Waals surface area (Å²) in [5.41, 5.74) is 8.42. The van der Waals surface area contributed by atoms with Gasteiger partial charge in [0.1, 0.15) is 11.2 Å². The van der Waals surface area contributed by atoms with E-state index in [-0.39, 0.29) is 48.4 Å². The van der Waals surface area contributed by atoms with E-state index in [4.69, 9.17) is 10.5 Å². The van der Waals surface area contributed by atoms with E-state index in [0.717, 1.165) is 79.2 Å². The zero-order valence-corrected chi connectivity index (χ0v) is 39.8. The number of fused-ring (bicyclic) bond motifs is 2. The molecular formula is C57H72N4O7. The molecule has 11 heteroatoms. The van der Waals surface area contributed by atoms with Gasteiger partial charge in [0, 0.05) is 43.7 Å². The van der Waals surface area contributed by atoms with Crippen LogP contribution in [-0.4, -0.2) is 89.6 Å². The SMILES string of the molecule is CCNCC1C(C2CCC3(C#CC(CC(O)C(O)CC(C4=CCNC(N)=C4)c4ccc5ccccc5c4)c4cc(O)c(OC)cc4CCC3=O)C(O)C2)CC2CNC3CC(=O)CC4CCC1C2C43. The molecule has 5 aliphatic carbocycles. The lowest BCUT2D eigenvalue weighted by molar-refractivity contribution is -0.143. The summed E-state index contributed by atoms with van der Waals surface area (Å²) in [6, 6.07) is 18.2. The Hall–Kier alpha value is -4.70. The van der Waals surface area contributed by atoms with E-state index in [1.807, 2.05) is 18.2 Å². The maximum Gasteiger partial charge on any atom is 0.160 e. The van der Waals surface area contributed by atoms with Crippen molar-refractivity contribution in [1.29, 1.82) is 0 Å². The number of hydrogen-bond acceptors (Lipinski definition) is 11. The van der Waals surface area contributed by atoms with Crippen LogP contribution < -0.4 is 26.4 Å². The number of nitrogens with two attached hydrogens (primary N) is 1.